The number of sulfonamides is 1. The van der Waals surface area contributed by atoms with E-state index in [4.69, 9.17) is 20.9 Å². The Morgan fingerprint density at radius 1 is 1.11 bits per heavy atom. The van der Waals surface area contributed by atoms with Crippen LogP contribution in [0.15, 0.2) is 64.0 Å². The van der Waals surface area contributed by atoms with E-state index in [1.807, 2.05) is 30.3 Å². The van der Waals surface area contributed by atoms with Gasteiger partial charge < -0.3 is 9.26 Å². The van der Waals surface area contributed by atoms with Gasteiger partial charge in [-0.15, -0.1) is 0 Å². The number of benzene rings is 2. The molecule has 0 aliphatic heterocycles. The maximum atomic E-state index is 12.5. The van der Waals surface area contributed by atoms with Gasteiger partial charge >= 0.3 is 0 Å². The fourth-order valence-corrected chi connectivity index (χ4v) is 3.57. The van der Waals surface area contributed by atoms with Crippen molar-refractivity contribution in [1.29, 1.82) is 0 Å². The van der Waals surface area contributed by atoms with Crippen LogP contribution in [-0.4, -0.2) is 36.5 Å². The van der Waals surface area contributed by atoms with Gasteiger partial charge in [-0.3, -0.25) is 0 Å². The molecule has 0 N–H and O–H groups in total. The molecule has 0 saturated heterocycles. The molecule has 2 aromatic carbocycles. The Balaban J connectivity index is 1.55. The second-order valence-corrected chi connectivity index (χ2v) is 8.22. The van der Waals surface area contributed by atoms with E-state index in [1.165, 1.54) is 23.5 Å². The van der Waals surface area contributed by atoms with Gasteiger partial charge in [-0.25, -0.2) is 12.7 Å². The van der Waals surface area contributed by atoms with Crippen molar-refractivity contribution in [3.8, 4) is 5.75 Å². The first-order valence-corrected chi connectivity index (χ1v) is 9.98. The fourth-order valence-electron chi connectivity index (χ4n) is 2.28. The number of halogens is 1. The average molecular weight is 408 g/mol. The van der Waals surface area contributed by atoms with E-state index in [9.17, 15) is 8.42 Å². The van der Waals surface area contributed by atoms with Crippen LogP contribution in [0, 0.1) is 0 Å². The molecule has 3 aromatic rings. The largest absolute Gasteiger partial charge is 0.484 e. The molecule has 9 heteroatoms. The summed E-state index contributed by atoms with van der Waals surface area (Å²) in [5, 5.41) is 4.34. The standard InChI is InChI=1S/C18H18ClN3O4S/c1-22(27(23,24)16-9-7-14(19)8-10-16)12-11-17-20-18(26-21-17)13-25-15-5-3-2-4-6-15/h2-10H,11-13H2,1H3. The number of ether oxygens (including phenoxy) is 1. The Bertz CT molecular complexity index is 975. The molecule has 0 amide bonds. The fraction of sp³-hybridized carbons (Fsp3) is 0.222. The minimum Gasteiger partial charge on any atom is -0.484 e. The number of likely N-dealkylation sites (N-methyl/N-ethyl adjacent to an activating group) is 1. The van der Waals surface area contributed by atoms with Crippen molar-refractivity contribution in [3.63, 3.8) is 0 Å². The topological polar surface area (TPSA) is 85.5 Å². The molecule has 0 aliphatic rings. The number of rotatable bonds is 8. The summed E-state index contributed by atoms with van der Waals surface area (Å²) in [4.78, 5) is 4.40. The number of hydrogen-bond acceptors (Lipinski definition) is 6. The number of aromatic nitrogens is 2. The normalized spacial score (nSPS) is 11.7. The summed E-state index contributed by atoms with van der Waals surface area (Å²) < 4.78 is 37.0. The van der Waals surface area contributed by atoms with Crippen molar-refractivity contribution in [1.82, 2.24) is 14.4 Å². The minimum absolute atomic E-state index is 0.149. The third kappa shape index (κ3) is 5.06. The third-order valence-electron chi connectivity index (χ3n) is 3.79. The first-order valence-electron chi connectivity index (χ1n) is 8.16. The van der Waals surface area contributed by atoms with Crippen molar-refractivity contribution >= 4 is 21.6 Å². The Labute approximate surface area is 162 Å². The highest BCUT2D eigenvalue weighted by atomic mass is 35.5. The van der Waals surface area contributed by atoms with Gasteiger partial charge in [0.15, 0.2) is 12.4 Å². The van der Waals surface area contributed by atoms with Crippen LogP contribution >= 0.6 is 11.6 Å². The highest BCUT2D eigenvalue weighted by Gasteiger charge is 2.21. The summed E-state index contributed by atoms with van der Waals surface area (Å²) in [5.41, 5.74) is 0. The SMILES string of the molecule is CN(CCc1noc(COc2ccccc2)n1)S(=O)(=O)c1ccc(Cl)cc1. The second-order valence-electron chi connectivity index (χ2n) is 5.74. The first-order chi connectivity index (χ1) is 12.9. The van der Waals surface area contributed by atoms with Gasteiger partial charge in [-0.05, 0) is 36.4 Å². The molecule has 0 saturated carbocycles. The van der Waals surface area contributed by atoms with Crippen molar-refractivity contribution < 1.29 is 17.7 Å². The van der Waals surface area contributed by atoms with E-state index < -0.39 is 10.0 Å². The van der Waals surface area contributed by atoms with E-state index in [-0.39, 0.29) is 18.0 Å². The zero-order chi connectivity index (χ0) is 19.3. The van der Waals surface area contributed by atoms with Crippen LogP contribution in [0.3, 0.4) is 0 Å². The number of nitrogens with zero attached hydrogens (tertiary/aromatic N) is 3. The Kier molecular flexibility index (Phi) is 6.10. The molecule has 0 bridgehead atoms. The van der Waals surface area contributed by atoms with Gasteiger partial charge in [0.2, 0.25) is 10.0 Å². The van der Waals surface area contributed by atoms with E-state index in [1.54, 1.807) is 12.1 Å². The van der Waals surface area contributed by atoms with Crippen molar-refractivity contribution in [2.24, 2.45) is 0 Å². The first kappa shape index (κ1) is 19.3. The lowest BCUT2D eigenvalue weighted by Crippen LogP contribution is -2.29. The molecule has 1 aromatic heterocycles. The molecule has 0 aliphatic carbocycles. The summed E-state index contributed by atoms with van der Waals surface area (Å²) in [6, 6.07) is 15.3. The smallest absolute Gasteiger partial charge is 0.264 e. The van der Waals surface area contributed by atoms with Gasteiger partial charge in [-0.1, -0.05) is 35.0 Å². The lowest BCUT2D eigenvalue weighted by Gasteiger charge is -2.16. The molecule has 0 atom stereocenters. The minimum atomic E-state index is -3.60. The van der Waals surface area contributed by atoms with Crippen LogP contribution in [0.25, 0.3) is 0 Å². The lowest BCUT2D eigenvalue weighted by atomic mass is 10.3. The molecule has 0 fully saturated rings. The number of hydrogen-bond donors (Lipinski definition) is 0. The van der Waals surface area contributed by atoms with E-state index in [2.05, 4.69) is 10.1 Å². The zero-order valence-corrected chi connectivity index (χ0v) is 16.2. The van der Waals surface area contributed by atoms with Crippen LogP contribution in [-0.2, 0) is 23.1 Å². The molecule has 7 nitrogen and oxygen atoms in total. The van der Waals surface area contributed by atoms with Crippen LogP contribution in [0.4, 0.5) is 0 Å². The molecule has 27 heavy (non-hydrogen) atoms. The third-order valence-corrected chi connectivity index (χ3v) is 5.91. The summed E-state index contributed by atoms with van der Waals surface area (Å²) in [6.45, 7) is 0.361. The molecule has 0 spiro atoms. The molecule has 0 radical (unpaired) electrons. The van der Waals surface area contributed by atoms with Crippen LogP contribution in [0.1, 0.15) is 11.7 Å². The Hall–Kier alpha value is -2.42. The summed E-state index contributed by atoms with van der Waals surface area (Å²) >= 11 is 5.80. The van der Waals surface area contributed by atoms with Crippen molar-refractivity contribution in [3.05, 3.63) is 71.3 Å². The molecule has 1 heterocycles. The highest BCUT2D eigenvalue weighted by Crippen LogP contribution is 2.18. The quantitative estimate of drug-likeness (QED) is 0.570. The summed E-state index contributed by atoms with van der Waals surface area (Å²) in [7, 11) is -2.10. The monoisotopic (exact) mass is 407 g/mol. The molecule has 142 valence electrons. The van der Waals surface area contributed by atoms with Gasteiger partial charge in [0.25, 0.3) is 5.89 Å². The maximum absolute atomic E-state index is 12.5. The van der Waals surface area contributed by atoms with Crippen LogP contribution < -0.4 is 4.74 Å². The number of para-hydroxylation sites is 1. The molecular weight excluding hydrogens is 390 g/mol. The summed E-state index contributed by atoms with van der Waals surface area (Å²) in [6.07, 6.45) is 0.318. The molecule has 3 rings (SSSR count). The van der Waals surface area contributed by atoms with E-state index in [0.29, 0.717) is 28.9 Å². The van der Waals surface area contributed by atoms with Crippen molar-refractivity contribution in [2.75, 3.05) is 13.6 Å². The Morgan fingerprint density at radius 2 is 1.81 bits per heavy atom. The lowest BCUT2D eigenvalue weighted by molar-refractivity contribution is 0.242. The van der Waals surface area contributed by atoms with Gasteiger partial charge in [0.1, 0.15) is 5.75 Å². The van der Waals surface area contributed by atoms with Crippen LogP contribution in [0.2, 0.25) is 5.02 Å². The summed E-state index contributed by atoms with van der Waals surface area (Å²) in [5.74, 6) is 1.45. The van der Waals surface area contributed by atoms with Gasteiger partial charge in [-0.2, -0.15) is 4.98 Å². The Morgan fingerprint density at radius 3 is 2.52 bits per heavy atom. The predicted octanol–water partition coefficient (Wildman–Crippen LogP) is 3.17. The van der Waals surface area contributed by atoms with E-state index >= 15 is 0 Å². The van der Waals surface area contributed by atoms with E-state index in [0.717, 1.165) is 0 Å². The van der Waals surface area contributed by atoms with Gasteiger partial charge in [0.05, 0.1) is 4.90 Å². The zero-order valence-electron chi connectivity index (χ0n) is 14.6. The highest BCUT2D eigenvalue weighted by molar-refractivity contribution is 7.89. The predicted molar refractivity (Wildman–Crippen MR) is 100 cm³/mol. The molecular formula is C18H18ClN3O4S. The maximum Gasteiger partial charge on any atom is 0.264 e. The van der Waals surface area contributed by atoms with Gasteiger partial charge in [0, 0.05) is 25.0 Å². The second kappa shape index (κ2) is 8.51. The van der Waals surface area contributed by atoms with Crippen LogP contribution in [0.5, 0.6) is 5.75 Å². The van der Waals surface area contributed by atoms with Crippen molar-refractivity contribution in [2.45, 2.75) is 17.9 Å². The average Bonchev–Trinajstić information content (AvgIpc) is 3.13. The molecule has 0 unspecified atom stereocenters.